The van der Waals surface area contributed by atoms with Gasteiger partial charge in [-0.2, -0.15) is 0 Å². The second-order valence-electron chi connectivity index (χ2n) is 12.7. The predicted molar refractivity (Wildman–Crippen MR) is 199 cm³/mol. The van der Waals surface area contributed by atoms with Gasteiger partial charge in [0.2, 0.25) is 0 Å². The van der Waals surface area contributed by atoms with Crippen LogP contribution in [0.4, 0.5) is 0 Å². The number of methoxy groups -OCH3 is 2. The molecule has 5 rings (SSSR count). The third-order valence-corrected chi connectivity index (χ3v) is 13.8. The highest BCUT2D eigenvalue weighted by molar-refractivity contribution is 7.77. The van der Waals surface area contributed by atoms with E-state index in [-0.39, 0.29) is 0 Å². The molecule has 45 heavy (non-hydrogen) atoms. The molecule has 0 bridgehead atoms. The van der Waals surface area contributed by atoms with E-state index in [2.05, 4.69) is 141 Å². The van der Waals surface area contributed by atoms with Crippen molar-refractivity contribution in [2.75, 3.05) is 14.2 Å². The summed E-state index contributed by atoms with van der Waals surface area (Å²) in [5, 5.41) is 7.04. The summed E-state index contributed by atoms with van der Waals surface area (Å²) in [5.41, 5.74) is 10.3. The van der Waals surface area contributed by atoms with Crippen LogP contribution in [0.15, 0.2) is 84.2 Å². The molecule has 4 heteroatoms. The van der Waals surface area contributed by atoms with Crippen LogP contribution in [0.2, 0.25) is 0 Å². The Bertz CT molecular complexity index is 1600. The van der Waals surface area contributed by atoms with E-state index in [1.807, 2.05) is 0 Å². The first kappa shape index (κ1) is 33.2. The van der Waals surface area contributed by atoms with E-state index in [9.17, 15) is 0 Å². The maximum Gasteiger partial charge on any atom is 0.124 e. The zero-order chi connectivity index (χ0) is 32.6. The lowest BCUT2D eigenvalue weighted by Gasteiger charge is -2.34. The molecule has 0 fully saturated rings. The summed E-state index contributed by atoms with van der Waals surface area (Å²) in [6.07, 6.45) is 7.06. The van der Waals surface area contributed by atoms with Crippen LogP contribution in [0.3, 0.4) is 0 Å². The zero-order valence-corrected chi connectivity index (χ0v) is 30.6. The van der Waals surface area contributed by atoms with Crippen molar-refractivity contribution in [3.8, 4) is 11.5 Å². The first-order valence-corrected chi connectivity index (χ1v) is 18.5. The molecule has 4 aromatic rings. The largest absolute Gasteiger partial charge is 0.496 e. The molecule has 4 aromatic carbocycles. The summed E-state index contributed by atoms with van der Waals surface area (Å²) in [7, 11) is 2.02. The van der Waals surface area contributed by atoms with Gasteiger partial charge in [0.25, 0.3) is 0 Å². The summed E-state index contributed by atoms with van der Waals surface area (Å²) in [5.74, 6) is 3.39. The lowest BCUT2D eigenvalue weighted by Crippen LogP contribution is -2.27. The van der Waals surface area contributed by atoms with Crippen LogP contribution in [-0.2, 0) is 0 Å². The minimum Gasteiger partial charge on any atom is -0.496 e. The molecule has 0 spiro atoms. The number of rotatable bonds is 9. The molecule has 1 aliphatic carbocycles. The van der Waals surface area contributed by atoms with Crippen molar-refractivity contribution in [1.29, 1.82) is 0 Å². The van der Waals surface area contributed by atoms with E-state index in [0.29, 0.717) is 5.66 Å². The highest BCUT2D eigenvalue weighted by atomic mass is 31.1. The van der Waals surface area contributed by atoms with Crippen molar-refractivity contribution in [3.63, 3.8) is 0 Å². The van der Waals surface area contributed by atoms with Crippen LogP contribution < -0.4 is 30.7 Å². The van der Waals surface area contributed by atoms with Crippen LogP contribution >= 0.6 is 15.8 Å². The van der Waals surface area contributed by atoms with E-state index in [4.69, 9.17) is 9.47 Å². The first-order chi connectivity index (χ1) is 21.4. The number of hydrogen-bond donors (Lipinski definition) is 0. The van der Waals surface area contributed by atoms with E-state index < -0.39 is 15.8 Å². The van der Waals surface area contributed by atoms with E-state index >= 15 is 0 Å². The highest BCUT2D eigenvalue weighted by Crippen LogP contribution is 2.57. The van der Waals surface area contributed by atoms with Gasteiger partial charge in [0.15, 0.2) is 0 Å². The first-order valence-electron chi connectivity index (χ1n) is 15.7. The Labute approximate surface area is 274 Å². The van der Waals surface area contributed by atoms with Gasteiger partial charge in [-0.15, -0.1) is 0 Å². The Morgan fingerprint density at radius 3 is 1.24 bits per heavy atom. The van der Waals surface area contributed by atoms with Crippen molar-refractivity contribution in [3.05, 3.63) is 135 Å². The minimum atomic E-state index is -0.850. The number of ether oxygens (including phenoxy) is 2. The maximum absolute atomic E-state index is 5.80. The molecule has 2 nitrogen and oxygen atoms in total. The number of benzene rings is 4. The Kier molecular flexibility index (Phi) is 10.1. The normalized spacial score (nSPS) is 13.9. The van der Waals surface area contributed by atoms with Crippen molar-refractivity contribution in [2.24, 2.45) is 0 Å². The monoisotopic (exact) mass is 633 g/mol. The van der Waals surface area contributed by atoms with E-state index in [1.54, 1.807) is 14.2 Å². The average molecular weight is 634 g/mol. The smallest absolute Gasteiger partial charge is 0.124 e. The molecule has 233 valence electrons. The van der Waals surface area contributed by atoms with Gasteiger partial charge < -0.3 is 9.47 Å². The van der Waals surface area contributed by atoms with Crippen LogP contribution in [-0.4, -0.2) is 19.9 Å². The summed E-state index contributed by atoms with van der Waals surface area (Å²) in [6, 6.07) is 23.7. The van der Waals surface area contributed by atoms with Crippen LogP contribution in [0, 0.1) is 61.3 Å². The summed E-state index contributed by atoms with van der Waals surface area (Å²) < 4.78 is 11.6. The van der Waals surface area contributed by atoms with Crippen LogP contribution in [0.5, 0.6) is 11.5 Å². The fourth-order valence-corrected chi connectivity index (χ4v) is 13.2. The number of hydrogen-bond acceptors (Lipinski definition) is 2. The van der Waals surface area contributed by atoms with Gasteiger partial charge in [-0.3, -0.25) is 0 Å². The topological polar surface area (TPSA) is 18.5 Å². The third kappa shape index (κ3) is 6.84. The summed E-state index contributed by atoms with van der Waals surface area (Å²) in [6.45, 7) is 20.0. The molecule has 0 N–H and O–H groups in total. The van der Waals surface area contributed by atoms with Crippen molar-refractivity contribution in [2.45, 2.75) is 68.0 Å². The fourth-order valence-electron chi connectivity index (χ4n) is 7.08. The third-order valence-electron chi connectivity index (χ3n) is 8.69. The molecule has 0 aromatic heterocycles. The van der Waals surface area contributed by atoms with Gasteiger partial charge in [0, 0.05) is 5.92 Å². The zero-order valence-electron chi connectivity index (χ0n) is 28.8. The van der Waals surface area contributed by atoms with Crippen molar-refractivity contribution >= 4 is 37.1 Å². The van der Waals surface area contributed by atoms with Crippen LogP contribution in [0.25, 0.3) is 0 Å². The second-order valence-corrected chi connectivity index (χ2v) is 17.4. The summed E-state index contributed by atoms with van der Waals surface area (Å²) in [4.78, 5) is 0. The Morgan fingerprint density at radius 1 is 0.511 bits per heavy atom. The molecule has 0 saturated carbocycles. The molecule has 0 heterocycles. The fraction of sp³-hybridized carbons (Fsp3) is 0.293. The van der Waals surface area contributed by atoms with E-state index in [0.717, 1.165) is 11.5 Å². The molecule has 0 unspecified atom stereocenters. The SMILES string of the molecule is COc1c(C)cc(P(C2=CC=C[C]2[C@@H](C)P(c2cc(C)cc(C)c2)c2cc(C)cc(C)c2)c2cc(C)c(OC)c(C)c2)cc1C. The lowest BCUT2D eigenvalue weighted by atomic mass is 10.1. The van der Waals surface area contributed by atoms with E-state index in [1.165, 1.54) is 77.0 Å². The molecule has 0 saturated heterocycles. The van der Waals surface area contributed by atoms with Gasteiger partial charge in [-0.1, -0.05) is 83.8 Å². The van der Waals surface area contributed by atoms with Crippen molar-refractivity contribution < 1.29 is 9.47 Å². The minimum absolute atomic E-state index is 0.318. The van der Waals surface area contributed by atoms with Gasteiger partial charge in [0.05, 0.1) is 14.2 Å². The Hall–Kier alpha value is -3.18. The molecule has 1 aliphatic rings. The maximum atomic E-state index is 5.80. The average Bonchev–Trinajstić information content (AvgIpc) is 3.41. The molecule has 0 amide bonds. The standard InChI is InChI=1S/C41H47O2P2/c1-25-15-26(2)18-34(17-25)44(35-19-27(3)16-28(4)20-35)33(9)38-13-12-14-39(38)45(36-21-29(5)40(42-10)30(6)22-36)37-23-31(7)41(43-11)32(8)24-37/h12-24,33H,1-11H3/t33-/m1/s1. The number of allylic oxidation sites excluding steroid dienone is 4. The highest BCUT2D eigenvalue weighted by Gasteiger charge is 2.36. The second kappa shape index (κ2) is 13.7. The molecule has 0 aliphatic heterocycles. The quantitative estimate of drug-likeness (QED) is 0.171. The number of aryl methyl sites for hydroxylation is 8. The van der Waals surface area contributed by atoms with Gasteiger partial charge in [-0.25, -0.2) is 0 Å². The molecule has 1 radical (unpaired) electrons. The lowest BCUT2D eigenvalue weighted by molar-refractivity contribution is 0.408. The van der Waals surface area contributed by atoms with Gasteiger partial charge >= 0.3 is 0 Å². The Balaban J connectivity index is 1.69. The van der Waals surface area contributed by atoms with Gasteiger partial charge in [-0.05, 0) is 150 Å². The van der Waals surface area contributed by atoms with Gasteiger partial charge in [0.1, 0.15) is 11.5 Å². The molecular weight excluding hydrogens is 586 g/mol. The molecule has 1 atom stereocenters. The summed E-state index contributed by atoms with van der Waals surface area (Å²) >= 11 is 0. The predicted octanol–water partition coefficient (Wildman–Crippen LogP) is 9.15. The Morgan fingerprint density at radius 2 is 0.889 bits per heavy atom. The van der Waals surface area contributed by atoms with Crippen LogP contribution in [0.1, 0.15) is 51.4 Å². The molecular formula is C41H47O2P2. The van der Waals surface area contributed by atoms with Crippen molar-refractivity contribution in [1.82, 2.24) is 0 Å².